The van der Waals surface area contributed by atoms with Gasteiger partial charge in [0.05, 0.1) is 16.3 Å². The molecule has 0 bridgehead atoms. The highest BCUT2D eigenvalue weighted by Crippen LogP contribution is 2.38. The average molecular weight is 355 g/mol. The van der Waals surface area contributed by atoms with Gasteiger partial charge in [-0.1, -0.05) is 18.2 Å². The lowest BCUT2D eigenvalue weighted by Gasteiger charge is -2.21. The fraction of sp³-hybridized carbons (Fsp3) is 0.263. The number of nitrogens with two attached hydrogens (primary N) is 2. The van der Waals surface area contributed by atoms with Crippen molar-refractivity contribution in [3.8, 4) is 0 Å². The Morgan fingerprint density at radius 2 is 1.80 bits per heavy atom. The van der Waals surface area contributed by atoms with Crippen LogP contribution in [0.2, 0.25) is 0 Å². The topological polar surface area (TPSA) is 98.2 Å². The molecule has 0 spiro atoms. The van der Waals surface area contributed by atoms with Gasteiger partial charge in [0.15, 0.2) is 0 Å². The Labute approximate surface area is 147 Å². The number of rotatable bonds is 2. The maximum Gasteiger partial charge on any atom is 0.238 e. The van der Waals surface area contributed by atoms with Crippen LogP contribution in [0.5, 0.6) is 0 Å². The largest absolute Gasteiger partial charge is 0.397 e. The first-order valence-electron chi connectivity index (χ1n) is 8.46. The highest BCUT2D eigenvalue weighted by atomic mass is 32.2. The predicted molar refractivity (Wildman–Crippen MR) is 102 cm³/mol. The Bertz CT molecular complexity index is 994. The molecule has 0 aromatic heterocycles. The summed E-state index contributed by atoms with van der Waals surface area (Å²) < 4.78 is 23.8. The summed E-state index contributed by atoms with van der Waals surface area (Å²) in [4.78, 5) is 0.276. The summed E-state index contributed by atoms with van der Waals surface area (Å²) in [5.41, 5.74) is 13.1. The van der Waals surface area contributed by atoms with E-state index in [0.717, 1.165) is 65.9 Å². The van der Waals surface area contributed by atoms with Crippen molar-refractivity contribution in [1.29, 1.82) is 0 Å². The third kappa shape index (κ3) is 2.81. The van der Waals surface area contributed by atoms with Gasteiger partial charge in [-0.2, -0.15) is 0 Å². The molecule has 2 aromatic rings. The van der Waals surface area contributed by atoms with E-state index >= 15 is 0 Å². The maximum atomic E-state index is 11.9. The minimum Gasteiger partial charge on any atom is -0.397 e. The molecule has 2 aromatic carbocycles. The molecule has 0 saturated heterocycles. The SMILES string of the molecule is Nc1cccc2c1NCC2=Cc1ccc(S(N)(=O)=O)c2c1CCCC2. The summed E-state index contributed by atoms with van der Waals surface area (Å²) in [7, 11) is -3.69. The first kappa shape index (κ1) is 16.2. The van der Waals surface area contributed by atoms with E-state index in [4.69, 9.17) is 10.9 Å². The third-order valence-corrected chi connectivity index (χ3v) is 6.06. The minimum absolute atomic E-state index is 0.276. The van der Waals surface area contributed by atoms with Gasteiger partial charge in [-0.3, -0.25) is 0 Å². The summed E-state index contributed by atoms with van der Waals surface area (Å²) >= 11 is 0. The average Bonchev–Trinajstić information content (AvgIpc) is 2.98. The number of para-hydroxylation sites is 1. The number of hydrogen-bond donors (Lipinski definition) is 3. The molecule has 0 fully saturated rings. The van der Waals surface area contributed by atoms with E-state index in [-0.39, 0.29) is 4.90 Å². The van der Waals surface area contributed by atoms with Crippen molar-refractivity contribution in [2.24, 2.45) is 5.14 Å². The molecule has 1 heterocycles. The number of fused-ring (bicyclic) bond motifs is 2. The highest BCUT2D eigenvalue weighted by Gasteiger charge is 2.23. The number of nitrogens with one attached hydrogen (secondary N) is 1. The highest BCUT2D eigenvalue weighted by molar-refractivity contribution is 7.89. The molecule has 0 saturated carbocycles. The molecule has 4 rings (SSSR count). The predicted octanol–water partition coefficient (Wildman–Crippen LogP) is 2.76. The molecule has 0 atom stereocenters. The second-order valence-electron chi connectivity index (χ2n) is 6.66. The van der Waals surface area contributed by atoms with E-state index in [1.807, 2.05) is 18.2 Å². The van der Waals surface area contributed by atoms with Crippen molar-refractivity contribution in [1.82, 2.24) is 0 Å². The van der Waals surface area contributed by atoms with Gasteiger partial charge in [-0.15, -0.1) is 0 Å². The number of anilines is 2. The normalized spacial score (nSPS) is 17.9. The van der Waals surface area contributed by atoms with Gasteiger partial charge in [0.25, 0.3) is 0 Å². The van der Waals surface area contributed by atoms with Crippen molar-refractivity contribution in [2.75, 3.05) is 17.6 Å². The Morgan fingerprint density at radius 3 is 2.56 bits per heavy atom. The molecule has 0 amide bonds. The smallest absolute Gasteiger partial charge is 0.238 e. The van der Waals surface area contributed by atoms with Crippen LogP contribution in [0.1, 0.15) is 35.1 Å². The van der Waals surface area contributed by atoms with Crippen LogP contribution in [-0.2, 0) is 22.9 Å². The quantitative estimate of drug-likeness (QED) is 0.721. The van der Waals surface area contributed by atoms with E-state index in [2.05, 4.69) is 17.5 Å². The zero-order chi connectivity index (χ0) is 17.6. The molecule has 6 heteroatoms. The van der Waals surface area contributed by atoms with Gasteiger partial charge in [-0.05, 0) is 66.2 Å². The molecule has 1 aliphatic carbocycles. The first-order chi connectivity index (χ1) is 11.9. The lowest BCUT2D eigenvalue weighted by molar-refractivity contribution is 0.593. The van der Waals surface area contributed by atoms with Crippen molar-refractivity contribution in [3.05, 3.63) is 52.6 Å². The molecule has 0 unspecified atom stereocenters. The number of primary sulfonamides is 1. The van der Waals surface area contributed by atoms with Gasteiger partial charge in [-0.25, -0.2) is 13.6 Å². The number of hydrogen-bond acceptors (Lipinski definition) is 4. The third-order valence-electron chi connectivity index (χ3n) is 5.06. The Morgan fingerprint density at radius 1 is 1.04 bits per heavy atom. The minimum atomic E-state index is -3.69. The van der Waals surface area contributed by atoms with Crippen molar-refractivity contribution >= 4 is 33.0 Å². The van der Waals surface area contributed by atoms with Crippen LogP contribution in [0.15, 0.2) is 35.2 Å². The van der Waals surface area contributed by atoms with Gasteiger partial charge in [0.1, 0.15) is 0 Å². The molecule has 2 aliphatic rings. The van der Waals surface area contributed by atoms with E-state index in [9.17, 15) is 8.42 Å². The lowest BCUT2D eigenvalue weighted by atomic mass is 9.87. The van der Waals surface area contributed by atoms with Crippen LogP contribution in [-0.4, -0.2) is 15.0 Å². The number of sulfonamides is 1. The van der Waals surface area contributed by atoms with Crippen molar-refractivity contribution in [3.63, 3.8) is 0 Å². The molecule has 5 nitrogen and oxygen atoms in total. The van der Waals surface area contributed by atoms with Gasteiger partial charge in [0, 0.05) is 12.1 Å². The summed E-state index contributed by atoms with van der Waals surface area (Å²) in [5, 5.41) is 8.75. The molecule has 25 heavy (non-hydrogen) atoms. The molecule has 130 valence electrons. The maximum absolute atomic E-state index is 11.9. The summed E-state index contributed by atoms with van der Waals surface area (Å²) in [6, 6.07) is 9.42. The fourth-order valence-electron chi connectivity index (χ4n) is 3.89. The van der Waals surface area contributed by atoms with Crippen LogP contribution in [0.4, 0.5) is 11.4 Å². The fourth-order valence-corrected chi connectivity index (χ4v) is 4.72. The lowest BCUT2D eigenvalue weighted by Crippen LogP contribution is -2.18. The molecular formula is C19H21N3O2S. The molecule has 5 N–H and O–H groups in total. The molecular weight excluding hydrogens is 334 g/mol. The monoisotopic (exact) mass is 355 g/mol. The van der Waals surface area contributed by atoms with Crippen LogP contribution < -0.4 is 16.2 Å². The van der Waals surface area contributed by atoms with E-state index in [0.29, 0.717) is 0 Å². The van der Waals surface area contributed by atoms with Crippen LogP contribution >= 0.6 is 0 Å². The second-order valence-corrected chi connectivity index (χ2v) is 8.18. The summed E-state index contributed by atoms with van der Waals surface area (Å²) in [6.45, 7) is 0.718. The van der Waals surface area contributed by atoms with Gasteiger partial charge in [0.2, 0.25) is 10.0 Å². The first-order valence-corrected chi connectivity index (χ1v) is 10.0. The zero-order valence-electron chi connectivity index (χ0n) is 13.9. The number of benzene rings is 2. The van der Waals surface area contributed by atoms with Gasteiger partial charge >= 0.3 is 0 Å². The van der Waals surface area contributed by atoms with Crippen LogP contribution in [0.25, 0.3) is 11.6 Å². The molecule has 0 radical (unpaired) electrons. The second kappa shape index (κ2) is 5.89. The Hall–Kier alpha value is -2.31. The Kier molecular flexibility index (Phi) is 3.81. The standard InChI is InChI=1S/C19H21N3O2S/c20-17-7-3-6-15-13(11-22-19(15)17)10-12-8-9-18(25(21,23)24)16-5-2-1-4-14(12)16/h3,6-10,22H,1-2,4-5,11,20H2,(H2,21,23,24). The molecule has 1 aliphatic heterocycles. The summed E-state index contributed by atoms with van der Waals surface area (Å²) in [5.74, 6) is 0. The van der Waals surface area contributed by atoms with Crippen LogP contribution in [0, 0.1) is 0 Å². The Balaban J connectivity index is 1.85. The van der Waals surface area contributed by atoms with Crippen molar-refractivity contribution in [2.45, 2.75) is 30.6 Å². The van der Waals surface area contributed by atoms with E-state index < -0.39 is 10.0 Å². The van der Waals surface area contributed by atoms with E-state index in [1.54, 1.807) is 6.07 Å². The van der Waals surface area contributed by atoms with E-state index in [1.165, 1.54) is 5.57 Å². The van der Waals surface area contributed by atoms with Crippen molar-refractivity contribution < 1.29 is 8.42 Å². The zero-order valence-corrected chi connectivity index (χ0v) is 14.7. The van der Waals surface area contributed by atoms with Crippen LogP contribution in [0.3, 0.4) is 0 Å². The van der Waals surface area contributed by atoms with Gasteiger partial charge < -0.3 is 11.1 Å². The summed E-state index contributed by atoms with van der Waals surface area (Å²) in [6.07, 6.45) is 5.86. The number of nitrogen functional groups attached to an aromatic ring is 1.